The van der Waals surface area contributed by atoms with Crippen molar-refractivity contribution < 1.29 is 18.3 Å². The molecular weight excluding hydrogens is 347 g/mol. The van der Waals surface area contributed by atoms with Gasteiger partial charge in [0, 0.05) is 38.7 Å². The normalized spacial score (nSPS) is 10.9. The predicted molar refractivity (Wildman–Crippen MR) is 99.9 cm³/mol. The Hall–Kier alpha value is -2.86. The quantitative estimate of drug-likeness (QED) is 0.536. The van der Waals surface area contributed by atoms with E-state index in [1.54, 1.807) is 30.2 Å². The van der Waals surface area contributed by atoms with Crippen LogP contribution in [-0.4, -0.2) is 35.6 Å². The molecule has 0 bridgehead atoms. The first kappa shape index (κ1) is 18.9. The number of carbonyl (C=O) groups is 1. The molecule has 27 heavy (non-hydrogen) atoms. The minimum atomic E-state index is -0.254. The van der Waals surface area contributed by atoms with E-state index in [9.17, 15) is 9.18 Å². The van der Waals surface area contributed by atoms with Crippen LogP contribution in [0.15, 0.2) is 65.4 Å². The first-order valence-corrected chi connectivity index (χ1v) is 8.87. The molecule has 0 aliphatic rings. The van der Waals surface area contributed by atoms with Gasteiger partial charge in [-0.3, -0.25) is 4.79 Å². The van der Waals surface area contributed by atoms with Gasteiger partial charge in [0.25, 0.3) is 5.91 Å². The zero-order chi connectivity index (χ0) is 19.1. The number of methoxy groups -OCH3 is 1. The van der Waals surface area contributed by atoms with E-state index in [4.69, 9.17) is 9.15 Å². The highest BCUT2D eigenvalue weighted by Gasteiger charge is 2.19. The van der Waals surface area contributed by atoms with Gasteiger partial charge in [0.15, 0.2) is 5.76 Å². The number of halogens is 1. The summed E-state index contributed by atoms with van der Waals surface area (Å²) in [7, 11) is 1.64. The second kappa shape index (κ2) is 9.19. The van der Waals surface area contributed by atoms with E-state index >= 15 is 0 Å². The Bertz CT molecular complexity index is 858. The van der Waals surface area contributed by atoms with Crippen molar-refractivity contribution in [3.63, 3.8) is 0 Å². The minimum Gasteiger partial charge on any atom is -0.459 e. The molecule has 1 amide bonds. The molecule has 1 aromatic carbocycles. The van der Waals surface area contributed by atoms with Gasteiger partial charge in [-0.2, -0.15) is 0 Å². The van der Waals surface area contributed by atoms with Crippen LogP contribution in [0.3, 0.4) is 0 Å². The molecule has 0 aliphatic carbocycles. The number of aromatic nitrogens is 1. The number of carbonyl (C=O) groups excluding carboxylic acids is 1. The van der Waals surface area contributed by atoms with Crippen molar-refractivity contribution in [1.29, 1.82) is 0 Å². The van der Waals surface area contributed by atoms with Crippen molar-refractivity contribution >= 4 is 5.91 Å². The molecule has 2 heterocycles. The van der Waals surface area contributed by atoms with Gasteiger partial charge < -0.3 is 18.6 Å². The summed E-state index contributed by atoms with van der Waals surface area (Å²) >= 11 is 0. The van der Waals surface area contributed by atoms with Crippen LogP contribution in [0.2, 0.25) is 0 Å². The van der Waals surface area contributed by atoms with Crippen LogP contribution in [0.4, 0.5) is 4.39 Å². The predicted octanol–water partition coefficient (Wildman–Crippen LogP) is 3.95. The average Bonchev–Trinajstić information content (AvgIpc) is 3.33. The molecule has 0 saturated carbocycles. The molecule has 0 aliphatic heterocycles. The van der Waals surface area contributed by atoms with Gasteiger partial charge in [-0.1, -0.05) is 12.1 Å². The van der Waals surface area contributed by atoms with E-state index in [1.807, 2.05) is 29.0 Å². The summed E-state index contributed by atoms with van der Waals surface area (Å²) in [5, 5.41) is 0. The largest absolute Gasteiger partial charge is 0.459 e. The number of ether oxygens (including phenoxy) is 1. The summed E-state index contributed by atoms with van der Waals surface area (Å²) in [6, 6.07) is 13.8. The highest BCUT2D eigenvalue weighted by molar-refractivity contribution is 5.91. The van der Waals surface area contributed by atoms with Crippen molar-refractivity contribution in [2.45, 2.75) is 19.5 Å². The standard InChI is InChI=1S/C21H23FN2O3/c1-26-12-5-11-24(21(25)20-9-4-13-27-20)16-19-8-3-10-23(19)15-17-6-2-7-18(22)14-17/h2-4,6-10,13-14H,5,11-12,15-16H2,1H3. The highest BCUT2D eigenvalue weighted by atomic mass is 19.1. The summed E-state index contributed by atoms with van der Waals surface area (Å²) in [4.78, 5) is 14.5. The Morgan fingerprint density at radius 3 is 2.85 bits per heavy atom. The van der Waals surface area contributed by atoms with E-state index in [0.29, 0.717) is 32.0 Å². The molecule has 0 unspecified atom stereocenters. The Morgan fingerprint density at radius 1 is 1.22 bits per heavy atom. The van der Waals surface area contributed by atoms with Gasteiger partial charge in [-0.25, -0.2) is 4.39 Å². The summed E-state index contributed by atoms with van der Waals surface area (Å²) < 4.78 is 25.9. The lowest BCUT2D eigenvalue weighted by Crippen LogP contribution is -2.32. The molecule has 0 radical (unpaired) electrons. The Labute approximate surface area is 158 Å². The molecule has 2 aromatic heterocycles. The topological polar surface area (TPSA) is 47.6 Å². The van der Waals surface area contributed by atoms with Crippen molar-refractivity contribution in [3.05, 3.63) is 83.8 Å². The van der Waals surface area contributed by atoms with Crippen LogP contribution in [0.1, 0.15) is 28.2 Å². The second-order valence-electron chi connectivity index (χ2n) is 6.31. The lowest BCUT2D eigenvalue weighted by Gasteiger charge is -2.22. The van der Waals surface area contributed by atoms with Crippen molar-refractivity contribution in [1.82, 2.24) is 9.47 Å². The van der Waals surface area contributed by atoms with Crippen molar-refractivity contribution in [2.24, 2.45) is 0 Å². The fraction of sp³-hybridized carbons (Fsp3) is 0.286. The van der Waals surface area contributed by atoms with Gasteiger partial charge >= 0.3 is 0 Å². The van der Waals surface area contributed by atoms with E-state index in [0.717, 1.165) is 17.7 Å². The third-order valence-electron chi connectivity index (χ3n) is 4.31. The first-order chi connectivity index (χ1) is 13.2. The maximum Gasteiger partial charge on any atom is 0.289 e. The molecule has 0 spiro atoms. The number of hydrogen-bond donors (Lipinski definition) is 0. The molecule has 3 rings (SSSR count). The molecule has 6 heteroatoms. The number of benzene rings is 1. The maximum atomic E-state index is 13.5. The smallest absolute Gasteiger partial charge is 0.289 e. The molecule has 0 N–H and O–H groups in total. The van der Waals surface area contributed by atoms with Crippen LogP contribution in [0.5, 0.6) is 0 Å². The molecule has 3 aromatic rings. The third-order valence-corrected chi connectivity index (χ3v) is 4.31. The molecular formula is C21H23FN2O3. The summed E-state index contributed by atoms with van der Waals surface area (Å²) in [6.45, 7) is 2.11. The zero-order valence-electron chi connectivity index (χ0n) is 15.3. The number of nitrogens with zero attached hydrogens (tertiary/aromatic N) is 2. The van der Waals surface area contributed by atoms with E-state index in [1.165, 1.54) is 18.4 Å². The summed E-state index contributed by atoms with van der Waals surface area (Å²) in [5.41, 5.74) is 1.84. The van der Waals surface area contributed by atoms with Crippen LogP contribution in [0.25, 0.3) is 0 Å². The Kier molecular flexibility index (Phi) is 6.44. The lowest BCUT2D eigenvalue weighted by atomic mass is 10.2. The third kappa shape index (κ3) is 5.08. The van der Waals surface area contributed by atoms with Crippen LogP contribution in [0, 0.1) is 5.82 Å². The Morgan fingerprint density at radius 2 is 2.11 bits per heavy atom. The van der Waals surface area contributed by atoms with Gasteiger partial charge in [0.05, 0.1) is 12.8 Å². The highest BCUT2D eigenvalue weighted by Crippen LogP contribution is 2.14. The monoisotopic (exact) mass is 370 g/mol. The molecule has 0 atom stereocenters. The van der Waals surface area contributed by atoms with Gasteiger partial charge in [0.1, 0.15) is 5.82 Å². The lowest BCUT2D eigenvalue weighted by molar-refractivity contribution is 0.0688. The number of furan rings is 1. The number of rotatable bonds is 9. The van der Waals surface area contributed by atoms with Crippen molar-refractivity contribution in [3.8, 4) is 0 Å². The molecule has 142 valence electrons. The van der Waals surface area contributed by atoms with Gasteiger partial charge in [-0.05, 0) is 48.4 Å². The fourth-order valence-electron chi connectivity index (χ4n) is 2.98. The van der Waals surface area contributed by atoms with Crippen molar-refractivity contribution in [2.75, 3.05) is 20.3 Å². The van der Waals surface area contributed by atoms with E-state index in [2.05, 4.69) is 0 Å². The maximum absolute atomic E-state index is 13.5. The minimum absolute atomic E-state index is 0.158. The van der Waals surface area contributed by atoms with Gasteiger partial charge in [0.2, 0.25) is 0 Å². The van der Waals surface area contributed by atoms with E-state index < -0.39 is 0 Å². The molecule has 5 nitrogen and oxygen atoms in total. The van der Waals surface area contributed by atoms with Crippen LogP contribution >= 0.6 is 0 Å². The zero-order valence-corrected chi connectivity index (χ0v) is 15.3. The average molecular weight is 370 g/mol. The van der Waals surface area contributed by atoms with Gasteiger partial charge in [-0.15, -0.1) is 0 Å². The summed E-state index contributed by atoms with van der Waals surface area (Å²) in [6.07, 6.45) is 4.16. The number of hydrogen-bond acceptors (Lipinski definition) is 3. The second-order valence-corrected chi connectivity index (χ2v) is 6.31. The fourth-order valence-corrected chi connectivity index (χ4v) is 2.98. The molecule has 0 saturated heterocycles. The first-order valence-electron chi connectivity index (χ1n) is 8.87. The summed E-state index contributed by atoms with van der Waals surface area (Å²) in [5.74, 6) is -0.0966. The molecule has 0 fully saturated rings. The van der Waals surface area contributed by atoms with Crippen LogP contribution in [-0.2, 0) is 17.8 Å². The Balaban J connectivity index is 1.75. The number of amides is 1. The SMILES string of the molecule is COCCCN(Cc1cccn1Cc1cccc(F)c1)C(=O)c1ccco1. The van der Waals surface area contributed by atoms with Crippen LogP contribution < -0.4 is 0 Å². The van der Waals surface area contributed by atoms with E-state index in [-0.39, 0.29) is 11.7 Å².